The number of nitrogens with one attached hydrogen (secondary N) is 1. The van der Waals surface area contributed by atoms with Crippen LogP contribution >= 0.6 is 22.9 Å². The molecule has 30 heavy (non-hydrogen) atoms. The highest BCUT2D eigenvalue weighted by atomic mass is 35.5. The van der Waals surface area contributed by atoms with Gasteiger partial charge in [-0.2, -0.15) is 0 Å². The molecule has 0 radical (unpaired) electrons. The van der Waals surface area contributed by atoms with Gasteiger partial charge in [0.15, 0.2) is 0 Å². The summed E-state index contributed by atoms with van der Waals surface area (Å²) in [6, 6.07) is 7.65. The van der Waals surface area contributed by atoms with E-state index in [0.29, 0.717) is 21.6 Å². The fourth-order valence-corrected chi connectivity index (χ4v) is 4.75. The molecule has 0 atom stereocenters. The minimum atomic E-state index is -0.442. The number of carbonyl (C=O) groups is 2. The van der Waals surface area contributed by atoms with Crippen LogP contribution in [0.15, 0.2) is 29.6 Å². The Balaban J connectivity index is 1.75. The van der Waals surface area contributed by atoms with Gasteiger partial charge in [0.25, 0.3) is 0 Å². The van der Waals surface area contributed by atoms with Crippen molar-refractivity contribution in [3.05, 3.63) is 40.2 Å². The molecule has 1 aliphatic rings. The molecule has 162 valence electrons. The summed E-state index contributed by atoms with van der Waals surface area (Å²) in [6.45, 7) is 4.39. The van der Waals surface area contributed by atoms with Crippen LogP contribution in [-0.4, -0.2) is 68.1 Å². The number of likely N-dealkylation sites (tertiary alicyclic amines) is 1. The molecule has 2 heterocycles. The number of nitrogens with zero attached hydrogens (tertiary/aromatic N) is 2. The molecule has 0 saturated carbocycles. The van der Waals surface area contributed by atoms with Crippen molar-refractivity contribution in [3.63, 3.8) is 0 Å². The lowest BCUT2D eigenvalue weighted by molar-refractivity contribution is -0.117. The van der Waals surface area contributed by atoms with Crippen LogP contribution in [0.3, 0.4) is 0 Å². The summed E-state index contributed by atoms with van der Waals surface area (Å²) in [6.07, 6.45) is 2.10. The zero-order valence-electron chi connectivity index (χ0n) is 17.6. The maximum atomic E-state index is 12.7. The van der Waals surface area contributed by atoms with E-state index in [0.717, 1.165) is 37.1 Å². The Labute approximate surface area is 186 Å². The number of amides is 1. The number of anilines is 1. The average Bonchev–Trinajstić information content (AvgIpc) is 3.12. The van der Waals surface area contributed by atoms with Gasteiger partial charge >= 0.3 is 5.97 Å². The fourth-order valence-electron chi connectivity index (χ4n) is 3.66. The third kappa shape index (κ3) is 5.60. The molecule has 0 bridgehead atoms. The highest BCUT2D eigenvalue weighted by molar-refractivity contribution is 7.15. The van der Waals surface area contributed by atoms with Gasteiger partial charge in [0.2, 0.25) is 5.91 Å². The fraction of sp³-hybridized carbons (Fsp3) is 0.455. The van der Waals surface area contributed by atoms with Gasteiger partial charge < -0.3 is 15.0 Å². The molecule has 1 aromatic heterocycles. The number of carbonyl (C=O) groups excluding carboxylic acids is 2. The van der Waals surface area contributed by atoms with E-state index in [1.807, 2.05) is 24.6 Å². The summed E-state index contributed by atoms with van der Waals surface area (Å²) in [5, 5.41) is 5.93. The first-order chi connectivity index (χ1) is 14.4. The lowest BCUT2D eigenvalue weighted by Gasteiger charge is -2.34. The number of halogens is 1. The number of piperidine rings is 1. The van der Waals surface area contributed by atoms with Crippen molar-refractivity contribution in [3.8, 4) is 11.1 Å². The van der Waals surface area contributed by atoms with Gasteiger partial charge in [-0.15, -0.1) is 11.3 Å². The quantitative estimate of drug-likeness (QED) is 0.641. The minimum Gasteiger partial charge on any atom is -0.462 e. The highest BCUT2D eigenvalue weighted by Gasteiger charge is 2.25. The summed E-state index contributed by atoms with van der Waals surface area (Å²) < 4.78 is 5.26. The summed E-state index contributed by atoms with van der Waals surface area (Å²) in [5.74, 6) is -0.575. The average molecular weight is 450 g/mol. The van der Waals surface area contributed by atoms with Crippen LogP contribution < -0.4 is 5.32 Å². The van der Waals surface area contributed by atoms with Crippen molar-refractivity contribution in [2.75, 3.05) is 45.7 Å². The molecular weight excluding hydrogens is 422 g/mol. The van der Waals surface area contributed by atoms with E-state index in [2.05, 4.69) is 22.2 Å². The van der Waals surface area contributed by atoms with Crippen LogP contribution in [-0.2, 0) is 9.53 Å². The summed E-state index contributed by atoms with van der Waals surface area (Å²) in [5.41, 5.74) is 1.97. The van der Waals surface area contributed by atoms with Crippen LogP contribution in [0.1, 0.15) is 30.1 Å². The Morgan fingerprint density at radius 1 is 1.27 bits per heavy atom. The van der Waals surface area contributed by atoms with E-state index in [-0.39, 0.29) is 19.1 Å². The van der Waals surface area contributed by atoms with Crippen molar-refractivity contribution >= 4 is 39.8 Å². The Morgan fingerprint density at radius 3 is 2.57 bits per heavy atom. The molecule has 2 aromatic rings. The number of ether oxygens (including phenoxy) is 1. The Kier molecular flexibility index (Phi) is 7.88. The smallest absolute Gasteiger partial charge is 0.341 e. The number of hydrogen-bond donors (Lipinski definition) is 1. The maximum Gasteiger partial charge on any atom is 0.341 e. The number of benzene rings is 1. The number of esters is 1. The molecule has 0 unspecified atom stereocenters. The molecule has 0 spiro atoms. The molecular formula is C22H28ClN3O3S. The predicted octanol–water partition coefficient (Wildman–Crippen LogP) is 4.21. The second-order valence-corrected chi connectivity index (χ2v) is 8.89. The van der Waals surface area contributed by atoms with Gasteiger partial charge in [-0.1, -0.05) is 23.7 Å². The topological polar surface area (TPSA) is 61.9 Å². The SMILES string of the molecule is CCOC(=O)c1c(-c2ccc(Cl)cc2)csc1NC(=O)CN(C)C1CCN(C)CC1. The first-order valence-electron chi connectivity index (χ1n) is 10.1. The van der Waals surface area contributed by atoms with Crippen molar-refractivity contribution in [1.82, 2.24) is 9.80 Å². The molecule has 1 fully saturated rings. The first kappa shape index (κ1) is 22.7. The number of rotatable bonds is 7. The summed E-state index contributed by atoms with van der Waals surface area (Å²) in [7, 11) is 4.10. The predicted molar refractivity (Wildman–Crippen MR) is 123 cm³/mol. The van der Waals surface area contributed by atoms with Crippen LogP contribution in [0.25, 0.3) is 11.1 Å². The van der Waals surface area contributed by atoms with E-state index in [1.54, 1.807) is 19.1 Å². The molecule has 0 aliphatic carbocycles. The zero-order valence-corrected chi connectivity index (χ0v) is 19.2. The molecule has 1 aromatic carbocycles. The van der Waals surface area contributed by atoms with E-state index < -0.39 is 5.97 Å². The molecule has 6 nitrogen and oxygen atoms in total. The number of likely N-dealkylation sites (N-methyl/N-ethyl adjacent to an activating group) is 1. The number of hydrogen-bond acceptors (Lipinski definition) is 6. The molecule has 1 N–H and O–H groups in total. The van der Waals surface area contributed by atoms with Gasteiger partial charge in [-0.3, -0.25) is 9.69 Å². The van der Waals surface area contributed by atoms with Crippen LogP contribution in [0.5, 0.6) is 0 Å². The number of thiophene rings is 1. The monoisotopic (exact) mass is 449 g/mol. The van der Waals surface area contributed by atoms with Crippen molar-refractivity contribution in [2.45, 2.75) is 25.8 Å². The minimum absolute atomic E-state index is 0.133. The highest BCUT2D eigenvalue weighted by Crippen LogP contribution is 2.36. The second-order valence-electron chi connectivity index (χ2n) is 7.58. The third-order valence-corrected chi connectivity index (χ3v) is 6.53. The second kappa shape index (κ2) is 10.4. The summed E-state index contributed by atoms with van der Waals surface area (Å²) >= 11 is 7.32. The van der Waals surface area contributed by atoms with Crippen LogP contribution in [0, 0.1) is 0 Å². The molecule has 1 amide bonds. The lowest BCUT2D eigenvalue weighted by Crippen LogP contribution is -2.44. The van der Waals surface area contributed by atoms with E-state index in [1.165, 1.54) is 11.3 Å². The zero-order chi connectivity index (χ0) is 21.7. The molecule has 1 saturated heterocycles. The van der Waals surface area contributed by atoms with Gasteiger partial charge in [0, 0.05) is 22.0 Å². The van der Waals surface area contributed by atoms with E-state index in [9.17, 15) is 9.59 Å². The van der Waals surface area contributed by atoms with E-state index in [4.69, 9.17) is 16.3 Å². The van der Waals surface area contributed by atoms with Gasteiger partial charge in [-0.25, -0.2) is 4.79 Å². The molecule has 3 rings (SSSR count). The lowest BCUT2D eigenvalue weighted by atomic mass is 10.0. The van der Waals surface area contributed by atoms with Crippen molar-refractivity contribution in [2.24, 2.45) is 0 Å². The first-order valence-corrected chi connectivity index (χ1v) is 11.4. The van der Waals surface area contributed by atoms with Crippen LogP contribution in [0.4, 0.5) is 5.00 Å². The van der Waals surface area contributed by atoms with Gasteiger partial charge in [-0.05, 0) is 64.6 Å². The maximum absolute atomic E-state index is 12.7. The van der Waals surface area contributed by atoms with Crippen LogP contribution in [0.2, 0.25) is 5.02 Å². The largest absolute Gasteiger partial charge is 0.462 e. The van der Waals surface area contributed by atoms with Crippen molar-refractivity contribution in [1.29, 1.82) is 0 Å². The summed E-state index contributed by atoms with van der Waals surface area (Å²) in [4.78, 5) is 29.8. The van der Waals surface area contributed by atoms with Gasteiger partial charge in [0.1, 0.15) is 10.6 Å². The van der Waals surface area contributed by atoms with Crippen molar-refractivity contribution < 1.29 is 14.3 Å². The molecule has 8 heteroatoms. The Morgan fingerprint density at radius 2 is 1.93 bits per heavy atom. The van der Waals surface area contributed by atoms with E-state index >= 15 is 0 Å². The standard InChI is InChI=1S/C22H28ClN3O3S/c1-4-29-22(28)20-18(15-5-7-16(23)8-6-15)14-30-21(20)24-19(27)13-26(3)17-9-11-25(2)12-10-17/h5-8,14,17H,4,9-13H2,1-3H3,(H,24,27). The normalized spacial score (nSPS) is 15.4. The third-order valence-electron chi connectivity index (χ3n) is 5.38. The molecule has 1 aliphatic heterocycles. The Bertz CT molecular complexity index is 876. The Hall–Kier alpha value is -1.93. The van der Waals surface area contributed by atoms with Gasteiger partial charge in [0.05, 0.1) is 13.2 Å².